The number of carboxylic acid groups (broad SMARTS) is 1. The highest BCUT2D eigenvalue weighted by Crippen LogP contribution is 2.36. The third-order valence-corrected chi connectivity index (χ3v) is 2.80. The highest BCUT2D eigenvalue weighted by molar-refractivity contribution is 6.34. The Hall–Kier alpha value is -0.800. The van der Waals surface area contributed by atoms with Crippen LogP contribution in [0.3, 0.4) is 0 Å². The summed E-state index contributed by atoms with van der Waals surface area (Å²) in [5.74, 6) is -1.74. The third-order valence-electron chi connectivity index (χ3n) is 2.08. The van der Waals surface area contributed by atoms with Gasteiger partial charge >= 0.3 is 11.1 Å². The van der Waals surface area contributed by atoms with E-state index in [2.05, 4.69) is 0 Å². The van der Waals surface area contributed by atoms with Crippen molar-refractivity contribution in [1.82, 2.24) is 0 Å². The van der Waals surface area contributed by atoms with Crippen LogP contribution < -0.4 is 0 Å². The van der Waals surface area contributed by atoms with E-state index in [9.17, 15) is 9.18 Å². The molecule has 1 rings (SSSR count). The van der Waals surface area contributed by atoms with Crippen LogP contribution >= 0.6 is 23.2 Å². The zero-order chi connectivity index (χ0) is 11.6. The van der Waals surface area contributed by atoms with E-state index >= 15 is 0 Å². The standard InChI is InChI=1S/C10H9Cl2FO2/c1-2-6-7(4-3-5-8(6)11)10(12,13)9(14)15/h3-5H,2H2,1H3,(H,14,15). The molecule has 0 aromatic heterocycles. The molecule has 0 aliphatic rings. The van der Waals surface area contributed by atoms with E-state index in [4.69, 9.17) is 28.3 Å². The van der Waals surface area contributed by atoms with Crippen molar-refractivity contribution >= 4 is 29.2 Å². The van der Waals surface area contributed by atoms with Gasteiger partial charge in [0.25, 0.3) is 0 Å². The maximum Gasteiger partial charge on any atom is 0.362 e. The SMILES string of the molecule is CCc1c(Cl)cccc1C(F)(Cl)C(=O)O. The molecular weight excluding hydrogens is 242 g/mol. The van der Waals surface area contributed by atoms with Crippen LogP contribution in [0.1, 0.15) is 18.1 Å². The normalized spacial score (nSPS) is 14.7. The third kappa shape index (κ3) is 2.24. The zero-order valence-electron chi connectivity index (χ0n) is 7.93. The minimum absolute atomic E-state index is 0.105. The molecule has 82 valence electrons. The fraction of sp³-hybridized carbons (Fsp3) is 0.300. The molecule has 5 heteroatoms. The van der Waals surface area contributed by atoms with Crippen molar-refractivity contribution in [2.75, 3.05) is 0 Å². The van der Waals surface area contributed by atoms with E-state index in [0.29, 0.717) is 17.0 Å². The summed E-state index contributed by atoms with van der Waals surface area (Å²) in [5.41, 5.74) is 0.311. The van der Waals surface area contributed by atoms with Crippen LogP contribution in [0, 0.1) is 0 Å². The number of carboxylic acids is 1. The maximum absolute atomic E-state index is 13.7. The van der Waals surface area contributed by atoms with Crippen molar-refractivity contribution < 1.29 is 14.3 Å². The molecule has 0 saturated carbocycles. The highest BCUT2D eigenvalue weighted by Gasteiger charge is 2.40. The lowest BCUT2D eigenvalue weighted by molar-refractivity contribution is -0.145. The first-order chi connectivity index (χ1) is 6.91. The fourth-order valence-electron chi connectivity index (χ4n) is 1.33. The zero-order valence-corrected chi connectivity index (χ0v) is 9.44. The molecular formula is C10H9Cl2FO2. The number of benzene rings is 1. The lowest BCUT2D eigenvalue weighted by Gasteiger charge is -2.17. The van der Waals surface area contributed by atoms with Gasteiger partial charge in [-0.1, -0.05) is 42.3 Å². The van der Waals surface area contributed by atoms with Crippen molar-refractivity contribution in [2.24, 2.45) is 0 Å². The number of hydrogen-bond acceptors (Lipinski definition) is 1. The number of halogens is 3. The van der Waals surface area contributed by atoms with Gasteiger partial charge in [-0.25, -0.2) is 9.18 Å². The molecule has 0 spiro atoms. The van der Waals surface area contributed by atoms with Gasteiger partial charge in [-0.3, -0.25) is 0 Å². The number of aliphatic carboxylic acids is 1. The summed E-state index contributed by atoms with van der Waals surface area (Å²) in [6.45, 7) is 1.75. The van der Waals surface area contributed by atoms with Crippen LogP contribution in [0.2, 0.25) is 5.02 Å². The van der Waals surface area contributed by atoms with E-state index in [-0.39, 0.29) is 5.56 Å². The Labute approximate surface area is 96.6 Å². The van der Waals surface area contributed by atoms with Crippen molar-refractivity contribution in [1.29, 1.82) is 0 Å². The Morgan fingerprint density at radius 3 is 2.67 bits per heavy atom. The first-order valence-corrected chi connectivity index (χ1v) is 5.06. The second-order valence-electron chi connectivity index (χ2n) is 3.00. The molecule has 15 heavy (non-hydrogen) atoms. The highest BCUT2D eigenvalue weighted by atomic mass is 35.5. The largest absolute Gasteiger partial charge is 0.478 e. The number of alkyl halides is 2. The van der Waals surface area contributed by atoms with E-state index < -0.39 is 11.1 Å². The molecule has 0 amide bonds. The summed E-state index contributed by atoms with van der Waals surface area (Å²) in [5, 5.41) is 6.05. The molecule has 0 bridgehead atoms. The van der Waals surface area contributed by atoms with Crippen LogP contribution in [-0.4, -0.2) is 11.1 Å². The number of hydrogen-bond donors (Lipinski definition) is 1. The average molecular weight is 251 g/mol. The number of rotatable bonds is 3. The van der Waals surface area contributed by atoms with Gasteiger partial charge in [-0.05, 0) is 18.1 Å². The molecule has 1 unspecified atom stereocenters. The van der Waals surface area contributed by atoms with Gasteiger partial charge in [0.05, 0.1) is 0 Å². The maximum atomic E-state index is 13.7. The first-order valence-electron chi connectivity index (χ1n) is 4.30. The van der Waals surface area contributed by atoms with Gasteiger partial charge in [0.2, 0.25) is 0 Å². The van der Waals surface area contributed by atoms with Crippen LogP contribution in [0.15, 0.2) is 18.2 Å². The van der Waals surface area contributed by atoms with Crippen molar-refractivity contribution in [3.05, 3.63) is 34.3 Å². The second kappa shape index (κ2) is 4.37. The van der Waals surface area contributed by atoms with Gasteiger partial charge in [0.15, 0.2) is 0 Å². The average Bonchev–Trinajstić information content (AvgIpc) is 2.17. The van der Waals surface area contributed by atoms with Gasteiger partial charge in [0, 0.05) is 10.6 Å². The van der Waals surface area contributed by atoms with Crippen LogP contribution in [-0.2, 0) is 16.3 Å². The monoisotopic (exact) mass is 250 g/mol. The molecule has 0 saturated heterocycles. The van der Waals surface area contributed by atoms with E-state index in [0.717, 1.165) is 0 Å². The summed E-state index contributed by atoms with van der Waals surface area (Å²) in [4.78, 5) is 10.7. The molecule has 0 aliphatic carbocycles. The Balaban J connectivity index is 3.37. The summed E-state index contributed by atoms with van der Waals surface area (Å²) >= 11 is 11.1. The van der Waals surface area contributed by atoms with Crippen LogP contribution in [0.5, 0.6) is 0 Å². The van der Waals surface area contributed by atoms with Gasteiger partial charge in [0.1, 0.15) is 0 Å². The summed E-state index contributed by atoms with van der Waals surface area (Å²) < 4.78 is 13.7. The van der Waals surface area contributed by atoms with Crippen LogP contribution in [0.25, 0.3) is 0 Å². The minimum atomic E-state index is -2.92. The predicted octanol–water partition coefficient (Wildman–Crippen LogP) is 3.35. The molecule has 1 aromatic rings. The molecule has 0 aliphatic heterocycles. The van der Waals surface area contributed by atoms with E-state index in [1.54, 1.807) is 13.0 Å². The molecule has 1 aromatic carbocycles. The smallest absolute Gasteiger partial charge is 0.362 e. The van der Waals surface area contributed by atoms with Crippen LogP contribution in [0.4, 0.5) is 4.39 Å². The van der Waals surface area contributed by atoms with Gasteiger partial charge in [-0.15, -0.1) is 0 Å². The summed E-state index contributed by atoms with van der Waals surface area (Å²) in [6.07, 6.45) is 0.417. The molecule has 0 radical (unpaired) electrons. The Kier molecular flexibility index (Phi) is 3.58. The topological polar surface area (TPSA) is 37.3 Å². The molecule has 2 nitrogen and oxygen atoms in total. The van der Waals surface area contributed by atoms with Crippen molar-refractivity contribution in [2.45, 2.75) is 18.5 Å². The molecule has 1 atom stereocenters. The lowest BCUT2D eigenvalue weighted by Crippen LogP contribution is -2.25. The number of carbonyl (C=O) groups is 1. The fourth-order valence-corrected chi connectivity index (χ4v) is 1.81. The Morgan fingerprint density at radius 2 is 2.20 bits per heavy atom. The lowest BCUT2D eigenvalue weighted by atomic mass is 10.0. The first kappa shape index (κ1) is 12.3. The molecule has 0 heterocycles. The summed E-state index contributed by atoms with van der Waals surface area (Å²) in [7, 11) is 0. The Bertz CT molecular complexity index is 391. The van der Waals surface area contributed by atoms with E-state index in [1.165, 1.54) is 12.1 Å². The second-order valence-corrected chi connectivity index (χ2v) is 3.93. The predicted molar refractivity (Wildman–Crippen MR) is 57.1 cm³/mol. The molecule has 0 fully saturated rings. The van der Waals surface area contributed by atoms with Gasteiger partial charge < -0.3 is 5.11 Å². The van der Waals surface area contributed by atoms with Crippen molar-refractivity contribution in [3.8, 4) is 0 Å². The van der Waals surface area contributed by atoms with Gasteiger partial charge in [-0.2, -0.15) is 0 Å². The quantitative estimate of drug-likeness (QED) is 0.836. The molecule has 1 N–H and O–H groups in total. The summed E-state index contributed by atoms with van der Waals surface area (Å²) in [6, 6.07) is 4.36. The Morgan fingerprint density at radius 1 is 1.60 bits per heavy atom. The van der Waals surface area contributed by atoms with E-state index in [1.807, 2.05) is 0 Å². The van der Waals surface area contributed by atoms with Crippen molar-refractivity contribution in [3.63, 3.8) is 0 Å². The minimum Gasteiger partial charge on any atom is -0.478 e.